The minimum absolute atomic E-state index is 0. The van der Waals surface area contributed by atoms with Crippen LogP contribution >= 0.6 is 39.7 Å². The van der Waals surface area contributed by atoms with Gasteiger partial charge in [0.1, 0.15) is 15.6 Å². The largest absolute Gasteiger partial charge is 0.348 e. The summed E-state index contributed by atoms with van der Waals surface area (Å²) in [5.74, 6) is -0.243. The molecule has 1 unspecified atom stereocenters. The van der Waals surface area contributed by atoms with Crippen molar-refractivity contribution in [3.63, 3.8) is 0 Å². The van der Waals surface area contributed by atoms with Crippen LogP contribution in [0.2, 0.25) is 0 Å². The molecule has 0 bridgehead atoms. The van der Waals surface area contributed by atoms with Gasteiger partial charge in [0.05, 0.1) is 6.54 Å². The van der Waals surface area contributed by atoms with Gasteiger partial charge in [-0.3, -0.25) is 4.79 Å². The van der Waals surface area contributed by atoms with Gasteiger partial charge >= 0.3 is 0 Å². The van der Waals surface area contributed by atoms with Crippen molar-refractivity contribution < 1.29 is 4.79 Å². The Hall–Kier alpha value is -1.02. The second-order valence-electron chi connectivity index (χ2n) is 6.64. The molecule has 0 aliphatic carbocycles. The van der Waals surface area contributed by atoms with Gasteiger partial charge < -0.3 is 11.1 Å². The topological polar surface area (TPSA) is 80.9 Å². The molecule has 8 heteroatoms. The molecule has 0 aliphatic heterocycles. The zero-order valence-corrected chi connectivity index (χ0v) is 17.3. The highest BCUT2D eigenvalue weighted by Crippen LogP contribution is 2.25. The van der Waals surface area contributed by atoms with Crippen LogP contribution < -0.4 is 11.1 Å². The van der Waals surface area contributed by atoms with E-state index in [1.165, 1.54) is 11.3 Å². The first-order valence-corrected chi connectivity index (χ1v) is 8.88. The molecule has 0 aliphatic rings. The number of rotatable bonds is 4. The Labute approximate surface area is 161 Å². The molecular weight excluding hydrogens is 412 g/mol. The van der Waals surface area contributed by atoms with Crippen LogP contribution in [-0.2, 0) is 22.3 Å². The first kappa shape index (κ1) is 21.0. The molecule has 1 atom stereocenters. The summed E-state index contributed by atoms with van der Waals surface area (Å²) in [5, 5.41) is 12.9. The molecule has 0 radical (unpaired) electrons. The normalized spacial score (nSPS) is 13.8. The molecule has 1 aromatic heterocycles. The fraction of sp³-hybridized carbons (Fsp3) is 0.438. The summed E-state index contributed by atoms with van der Waals surface area (Å²) in [6.07, 6.45) is 0. The lowest BCUT2D eigenvalue weighted by molar-refractivity contribution is -0.126. The van der Waals surface area contributed by atoms with E-state index < -0.39 is 5.54 Å². The molecule has 24 heavy (non-hydrogen) atoms. The van der Waals surface area contributed by atoms with Crippen LogP contribution in [0.1, 0.15) is 43.3 Å². The molecule has 1 aromatic carbocycles. The summed E-state index contributed by atoms with van der Waals surface area (Å²) >= 11 is 4.88. The third-order valence-electron chi connectivity index (χ3n) is 3.42. The number of hydrogen-bond acceptors (Lipinski definition) is 5. The number of nitrogens with zero attached hydrogens (tertiary/aromatic N) is 2. The van der Waals surface area contributed by atoms with Gasteiger partial charge in [-0.25, -0.2) is 0 Å². The molecule has 0 saturated carbocycles. The number of nitrogens with two attached hydrogens (primary N) is 1. The zero-order chi connectivity index (χ0) is 17.3. The average molecular weight is 434 g/mol. The second kappa shape index (κ2) is 7.91. The quantitative estimate of drug-likeness (QED) is 0.773. The number of carbonyl (C=O) groups excluding carboxylic acids is 1. The number of carbonyl (C=O) groups is 1. The van der Waals surface area contributed by atoms with E-state index in [0.717, 1.165) is 20.1 Å². The minimum atomic E-state index is -1.10. The molecule has 1 heterocycles. The Morgan fingerprint density at radius 3 is 2.29 bits per heavy atom. The highest BCUT2D eigenvalue weighted by molar-refractivity contribution is 9.10. The predicted octanol–water partition coefficient (Wildman–Crippen LogP) is 3.51. The molecule has 0 spiro atoms. The summed E-state index contributed by atoms with van der Waals surface area (Å²) in [4.78, 5) is 12.4. The summed E-state index contributed by atoms with van der Waals surface area (Å²) in [6.45, 7) is 8.28. The van der Waals surface area contributed by atoms with Crippen LogP contribution in [0.5, 0.6) is 0 Å². The molecule has 0 saturated heterocycles. The predicted molar refractivity (Wildman–Crippen MR) is 103 cm³/mol. The number of nitrogens with one attached hydrogen (secondary N) is 1. The van der Waals surface area contributed by atoms with Crippen molar-refractivity contribution in [3.8, 4) is 0 Å². The number of amides is 1. The van der Waals surface area contributed by atoms with Crippen LogP contribution in [-0.4, -0.2) is 16.1 Å². The van der Waals surface area contributed by atoms with E-state index in [-0.39, 0.29) is 23.7 Å². The van der Waals surface area contributed by atoms with Crippen molar-refractivity contribution in [3.05, 3.63) is 44.3 Å². The zero-order valence-electron chi connectivity index (χ0n) is 14.1. The van der Waals surface area contributed by atoms with Crippen molar-refractivity contribution in [2.75, 3.05) is 0 Å². The lowest BCUT2D eigenvalue weighted by atomic mass is 9.92. The Kier molecular flexibility index (Phi) is 6.93. The second-order valence-corrected chi connectivity index (χ2v) is 8.62. The van der Waals surface area contributed by atoms with E-state index >= 15 is 0 Å². The maximum Gasteiger partial charge on any atom is 0.244 e. The van der Waals surface area contributed by atoms with Crippen LogP contribution in [0.15, 0.2) is 28.7 Å². The third kappa shape index (κ3) is 4.99. The number of benzene rings is 1. The molecule has 2 rings (SSSR count). The van der Waals surface area contributed by atoms with Crippen molar-refractivity contribution in [2.24, 2.45) is 5.73 Å². The summed E-state index contributed by atoms with van der Waals surface area (Å²) in [5.41, 5.74) is 5.82. The van der Waals surface area contributed by atoms with E-state index in [9.17, 15) is 4.79 Å². The fourth-order valence-electron chi connectivity index (χ4n) is 1.89. The van der Waals surface area contributed by atoms with Crippen LogP contribution in [0.25, 0.3) is 0 Å². The molecule has 1 amide bonds. The average Bonchev–Trinajstić information content (AvgIpc) is 2.94. The monoisotopic (exact) mass is 432 g/mol. The Balaban J connectivity index is 0.00000288. The first-order valence-electron chi connectivity index (χ1n) is 7.27. The highest BCUT2D eigenvalue weighted by Gasteiger charge is 2.30. The summed E-state index contributed by atoms with van der Waals surface area (Å²) < 4.78 is 0.945. The molecular formula is C16H22BrClN4OS. The van der Waals surface area contributed by atoms with E-state index in [1.54, 1.807) is 6.92 Å². The van der Waals surface area contributed by atoms with E-state index in [2.05, 4.69) is 52.2 Å². The lowest BCUT2D eigenvalue weighted by Crippen LogP contribution is -2.48. The van der Waals surface area contributed by atoms with Gasteiger partial charge in [-0.1, -0.05) is 60.2 Å². The van der Waals surface area contributed by atoms with Gasteiger partial charge in [-0.2, -0.15) is 0 Å². The van der Waals surface area contributed by atoms with Crippen molar-refractivity contribution in [1.29, 1.82) is 0 Å². The Morgan fingerprint density at radius 2 is 1.79 bits per heavy atom. The summed E-state index contributed by atoms with van der Waals surface area (Å²) in [7, 11) is 0. The molecule has 132 valence electrons. The Morgan fingerprint density at radius 1 is 1.21 bits per heavy atom. The third-order valence-corrected chi connectivity index (χ3v) is 5.30. The van der Waals surface area contributed by atoms with E-state index in [1.807, 2.05) is 24.3 Å². The minimum Gasteiger partial charge on any atom is -0.348 e. The summed E-state index contributed by atoms with van der Waals surface area (Å²) in [6, 6.07) is 7.42. The SMILES string of the molecule is CC(C)(C)c1nnc(CNC(=O)C(C)(N)c2ccc(Br)cc2)s1.Cl. The van der Waals surface area contributed by atoms with E-state index in [4.69, 9.17) is 5.73 Å². The van der Waals surface area contributed by atoms with Crippen LogP contribution in [0, 0.1) is 0 Å². The number of halogens is 2. The van der Waals surface area contributed by atoms with E-state index in [0.29, 0.717) is 6.54 Å². The lowest BCUT2D eigenvalue weighted by Gasteiger charge is -2.23. The van der Waals surface area contributed by atoms with Crippen molar-refractivity contribution in [2.45, 2.75) is 45.2 Å². The standard InChI is InChI=1S/C16H21BrN4OS.ClH/c1-15(2,3)14-21-20-12(23-14)9-19-13(22)16(4,18)10-5-7-11(17)8-6-10;/h5-8H,9,18H2,1-4H3,(H,19,22);1H. The maximum absolute atomic E-state index is 12.4. The Bertz CT molecular complexity index is 695. The first-order chi connectivity index (χ1) is 10.6. The van der Waals surface area contributed by atoms with Gasteiger partial charge in [-0.05, 0) is 24.6 Å². The van der Waals surface area contributed by atoms with Gasteiger partial charge in [0.25, 0.3) is 0 Å². The van der Waals surface area contributed by atoms with Gasteiger partial charge in [-0.15, -0.1) is 22.6 Å². The van der Waals surface area contributed by atoms with Crippen molar-refractivity contribution in [1.82, 2.24) is 15.5 Å². The van der Waals surface area contributed by atoms with Gasteiger partial charge in [0.15, 0.2) is 0 Å². The maximum atomic E-state index is 12.4. The molecule has 2 aromatic rings. The fourth-order valence-corrected chi connectivity index (χ4v) is 3.00. The molecule has 5 nitrogen and oxygen atoms in total. The smallest absolute Gasteiger partial charge is 0.244 e. The van der Waals surface area contributed by atoms with Crippen LogP contribution in [0.3, 0.4) is 0 Å². The van der Waals surface area contributed by atoms with Gasteiger partial charge in [0.2, 0.25) is 5.91 Å². The highest BCUT2D eigenvalue weighted by atomic mass is 79.9. The number of hydrogen-bond donors (Lipinski definition) is 2. The van der Waals surface area contributed by atoms with Gasteiger partial charge in [0, 0.05) is 9.89 Å². The van der Waals surface area contributed by atoms with Crippen molar-refractivity contribution >= 4 is 45.6 Å². The number of aromatic nitrogens is 2. The molecule has 0 fully saturated rings. The molecule has 3 N–H and O–H groups in total. The van der Waals surface area contributed by atoms with Crippen LogP contribution in [0.4, 0.5) is 0 Å².